The van der Waals surface area contributed by atoms with Gasteiger partial charge in [-0.15, -0.1) is 0 Å². The molecule has 1 aliphatic heterocycles. The van der Waals surface area contributed by atoms with Crippen molar-refractivity contribution < 1.29 is 4.74 Å². The van der Waals surface area contributed by atoms with Crippen LogP contribution in [0.5, 0.6) is 5.75 Å². The predicted molar refractivity (Wildman–Crippen MR) is 95.7 cm³/mol. The lowest BCUT2D eigenvalue weighted by Gasteiger charge is -2.15. The number of nitrogens with two attached hydrogens (primary N) is 1. The topological polar surface area (TPSA) is 96.4 Å². The van der Waals surface area contributed by atoms with Crippen molar-refractivity contribution in [1.82, 2.24) is 10.3 Å². The van der Waals surface area contributed by atoms with Crippen LogP contribution >= 0.6 is 0 Å². The second-order valence-electron chi connectivity index (χ2n) is 5.09. The molecule has 1 aromatic carbocycles. The number of allylic oxidation sites excluding steroid dienone is 1. The van der Waals surface area contributed by atoms with Crippen molar-refractivity contribution in [3.05, 3.63) is 71.9 Å². The molecule has 0 amide bonds. The molecule has 0 unspecified atom stereocenters. The van der Waals surface area contributed by atoms with E-state index in [9.17, 15) is 0 Å². The van der Waals surface area contributed by atoms with Crippen LogP contribution in [0.4, 0.5) is 0 Å². The van der Waals surface area contributed by atoms with Crippen LogP contribution < -0.4 is 15.8 Å². The van der Waals surface area contributed by atoms with Gasteiger partial charge in [-0.1, -0.05) is 18.2 Å². The number of rotatable bonds is 4. The van der Waals surface area contributed by atoms with Gasteiger partial charge in [0.05, 0.1) is 18.4 Å². The van der Waals surface area contributed by atoms with Gasteiger partial charge >= 0.3 is 0 Å². The Morgan fingerprint density at radius 1 is 1.21 bits per heavy atom. The third-order valence-electron chi connectivity index (χ3n) is 3.53. The lowest BCUT2D eigenvalue weighted by atomic mass is 10.1. The van der Waals surface area contributed by atoms with Gasteiger partial charge in [0.2, 0.25) is 0 Å². The van der Waals surface area contributed by atoms with Gasteiger partial charge in [0.25, 0.3) is 0 Å². The van der Waals surface area contributed by atoms with Crippen LogP contribution in [0.15, 0.2) is 65.7 Å². The summed E-state index contributed by atoms with van der Waals surface area (Å²) in [6, 6.07) is 13.2. The molecule has 0 spiro atoms. The number of ether oxygens (including phenoxy) is 1. The van der Waals surface area contributed by atoms with Crippen molar-refractivity contribution in [1.29, 1.82) is 5.41 Å². The van der Waals surface area contributed by atoms with Gasteiger partial charge in [0.15, 0.2) is 0 Å². The first-order chi connectivity index (χ1) is 11.7. The molecule has 6 nitrogen and oxygen atoms in total. The molecule has 2 heterocycles. The van der Waals surface area contributed by atoms with Crippen LogP contribution in [0.3, 0.4) is 0 Å². The molecule has 4 N–H and O–H groups in total. The van der Waals surface area contributed by atoms with Gasteiger partial charge in [0, 0.05) is 24.2 Å². The summed E-state index contributed by atoms with van der Waals surface area (Å²) in [5, 5.41) is 10.9. The molecule has 6 heteroatoms. The van der Waals surface area contributed by atoms with Gasteiger partial charge in [-0.25, -0.2) is 4.99 Å². The van der Waals surface area contributed by atoms with Crippen molar-refractivity contribution in [3.8, 4) is 5.75 Å². The minimum Gasteiger partial charge on any atom is -0.497 e. The fraction of sp³-hybridized carbons (Fsp3) is 0.0556. The average Bonchev–Trinajstić information content (AvgIpc) is 2.63. The summed E-state index contributed by atoms with van der Waals surface area (Å²) < 4.78 is 5.24. The highest BCUT2D eigenvalue weighted by molar-refractivity contribution is 6.21. The maximum absolute atomic E-state index is 7.82. The third kappa shape index (κ3) is 3.17. The van der Waals surface area contributed by atoms with E-state index in [-0.39, 0.29) is 5.84 Å². The van der Waals surface area contributed by atoms with Crippen LogP contribution in [0.2, 0.25) is 0 Å². The molecule has 0 radical (unpaired) electrons. The fourth-order valence-electron chi connectivity index (χ4n) is 2.35. The normalized spacial score (nSPS) is 15.3. The number of benzene rings is 1. The van der Waals surface area contributed by atoms with E-state index in [0.717, 1.165) is 16.9 Å². The van der Waals surface area contributed by atoms with E-state index < -0.39 is 0 Å². The molecule has 0 saturated carbocycles. The third-order valence-corrected chi connectivity index (χ3v) is 3.53. The van der Waals surface area contributed by atoms with E-state index in [1.807, 2.05) is 42.6 Å². The quantitative estimate of drug-likeness (QED) is 0.595. The Morgan fingerprint density at radius 3 is 2.71 bits per heavy atom. The maximum atomic E-state index is 7.82. The Labute approximate surface area is 139 Å². The smallest absolute Gasteiger partial charge is 0.143 e. The van der Waals surface area contributed by atoms with Gasteiger partial charge in [-0.3, -0.25) is 10.4 Å². The maximum Gasteiger partial charge on any atom is 0.143 e. The summed E-state index contributed by atoms with van der Waals surface area (Å²) in [6.45, 7) is 0. The molecule has 0 aliphatic carbocycles. The standard InChI is InChI=1S/C18H17N5O/c1-24-14-6-4-5-12(9-14)13-10-22-18(23-11-13)16(17(19)20)15-7-2-3-8-21-15/h2-11,22H,1H3,(H3,19,20)/b18-16-. The summed E-state index contributed by atoms with van der Waals surface area (Å²) in [4.78, 5) is 8.66. The number of amidine groups is 1. The minimum absolute atomic E-state index is 0.0911. The second kappa shape index (κ2) is 6.78. The van der Waals surface area contributed by atoms with Crippen LogP contribution in [-0.4, -0.2) is 24.1 Å². The summed E-state index contributed by atoms with van der Waals surface area (Å²) >= 11 is 0. The van der Waals surface area contributed by atoms with Gasteiger partial charge < -0.3 is 15.8 Å². The molecule has 24 heavy (non-hydrogen) atoms. The molecule has 120 valence electrons. The highest BCUT2D eigenvalue weighted by Gasteiger charge is 2.15. The molecule has 3 rings (SSSR count). The van der Waals surface area contributed by atoms with Crippen molar-refractivity contribution in [2.45, 2.75) is 0 Å². The van der Waals surface area contributed by atoms with Crippen LogP contribution in [0.25, 0.3) is 11.1 Å². The van der Waals surface area contributed by atoms with Gasteiger partial charge in [-0.05, 0) is 29.8 Å². The number of hydrogen-bond acceptors (Lipinski definition) is 5. The van der Waals surface area contributed by atoms with Crippen molar-refractivity contribution >= 4 is 23.2 Å². The fourth-order valence-corrected chi connectivity index (χ4v) is 2.35. The Balaban J connectivity index is 1.93. The number of pyridine rings is 1. The minimum atomic E-state index is -0.0911. The molecule has 0 bridgehead atoms. The van der Waals surface area contributed by atoms with E-state index in [1.54, 1.807) is 25.6 Å². The lowest BCUT2D eigenvalue weighted by molar-refractivity contribution is 0.414. The van der Waals surface area contributed by atoms with E-state index in [2.05, 4.69) is 15.3 Å². The Hall–Kier alpha value is -3.41. The molecule has 0 saturated heterocycles. The molecular formula is C18H17N5O. The van der Waals surface area contributed by atoms with E-state index >= 15 is 0 Å². The molecular weight excluding hydrogens is 302 g/mol. The number of nitrogens with zero attached hydrogens (tertiary/aromatic N) is 2. The van der Waals surface area contributed by atoms with Crippen molar-refractivity contribution in [3.63, 3.8) is 0 Å². The zero-order valence-electron chi connectivity index (χ0n) is 13.2. The van der Waals surface area contributed by atoms with Gasteiger partial charge in [0.1, 0.15) is 17.4 Å². The second-order valence-corrected chi connectivity index (χ2v) is 5.09. The molecule has 2 aromatic rings. The van der Waals surface area contributed by atoms with Crippen molar-refractivity contribution in [2.75, 3.05) is 7.11 Å². The Kier molecular flexibility index (Phi) is 4.38. The number of methoxy groups -OCH3 is 1. The first-order valence-corrected chi connectivity index (χ1v) is 7.34. The predicted octanol–water partition coefficient (Wildman–Crippen LogP) is 2.41. The summed E-state index contributed by atoms with van der Waals surface area (Å²) in [6.07, 6.45) is 5.21. The van der Waals surface area contributed by atoms with E-state index in [4.69, 9.17) is 15.9 Å². The van der Waals surface area contributed by atoms with Crippen LogP contribution in [0, 0.1) is 5.41 Å². The highest BCUT2D eigenvalue weighted by Crippen LogP contribution is 2.23. The monoisotopic (exact) mass is 319 g/mol. The first kappa shape index (κ1) is 15.5. The summed E-state index contributed by atoms with van der Waals surface area (Å²) in [7, 11) is 1.63. The average molecular weight is 319 g/mol. The highest BCUT2D eigenvalue weighted by atomic mass is 16.5. The van der Waals surface area contributed by atoms with E-state index in [0.29, 0.717) is 17.1 Å². The molecule has 1 aromatic heterocycles. The number of aromatic nitrogens is 1. The zero-order valence-corrected chi connectivity index (χ0v) is 13.2. The summed E-state index contributed by atoms with van der Waals surface area (Å²) in [5.74, 6) is 1.18. The number of hydrogen-bond donors (Lipinski definition) is 3. The number of nitrogens with one attached hydrogen (secondary N) is 2. The molecule has 0 fully saturated rings. The SMILES string of the molecule is COc1cccc(C2=CN/C(=C(/C(=N)N)c3ccccn3)N=C2)c1. The Bertz CT molecular complexity index is 853. The largest absolute Gasteiger partial charge is 0.497 e. The number of aliphatic imine (C=N–C) groups is 1. The van der Waals surface area contributed by atoms with Crippen molar-refractivity contribution in [2.24, 2.45) is 10.7 Å². The zero-order chi connectivity index (χ0) is 16.9. The molecule has 1 aliphatic rings. The Morgan fingerprint density at radius 2 is 2.08 bits per heavy atom. The van der Waals surface area contributed by atoms with Crippen LogP contribution in [0.1, 0.15) is 11.3 Å². The van der Waals surface area contributed by atoms with Gasteiger partial charge in [-0.2, -0.15) is 0 Å². The first-order valence-electron chi connectivity index (χ1n) is 7.34. The van der Waals surface area contributed by atoms with E-state index in [1.165, 1.54) is 0 Å². The molecule has 0 atom stereocenters. The van der Waals surface area contributed by atoms with Crippen LogP contribution in [-0.2, 0) is 0 Å². The summed E-state index contributed by atoms with van der Waals surface area (Å²) in [5.41, 5.74) is 8.67. The lowest BCUT2D eigenvalue weighted by Crippen LogP contribution is -2.20.